The molecule has 0 aliphatic heterocycles. The average molecular weight is 1130 g/mol. The summed E-state index contributed by atoms with van der Waals surface area (Å²) in [6.45, 7) is 8.36. The van der Waals surface area contributed by atoms with Crippen LogP contribution in [0.25, 0.3) is 0 Å². The first kappa shape index (κ1) is 66.9. The number of esters is 1. The molecule has 83 heavy (non-hydrogen) atoms. The third kappa shape index (κ3) is 23.4. The molecule has 5 aliphatic carbocycles. The molecule has 5 N–H and O–H groups in total. The summed E-state index contributed by atoms with van der Waals surface area (Å²) >= 11 is 0. The fourth-order valence-corrected chi connectivity index (χ4v) is 12.5. The second-order valence-corrected chi connectivity index (χ2v) is 23.2. The average Bonchev–Trinajstić information content (AvgIpc) is 3.53. The molecule has 10 rings (SSSR count). The molecular formula is C74H99NO8. The van der Waals surface area contributed by atoms with Crippen LogP contribution in [-0.4, -0.2) is 56.7 Å². The lowest BCUT2D eigenvalue weighted by atomic mass is 9.78. The van der Waals surface area contributed by atoms with E-state index in [1.54, 1.807) is 85.3 Å². The highest BCUT2D eigenvalue weighted by Crippen LogP contribution is 2.40. The first-order chi connectivity index (χ1) is 39.7. The van der Waals surface area contributed by atoms with E-state index in [4.69, 9.17) is 4.74 Å². The number of nitrogens with zero attached hydrogens (tertiary/aromatic N) is 1. The van der Waals surface area contributed by atoms with Gasteiger partial charge < -0.3 is 30.3 Å². The van der Waals surface area contributed by atoms with Crippen molar-refractivity contribution in [3.8, 4) is 28.7 Å². The molecule has 0 aromatic heterocycles. The van der Waals surface area contributed by atoms with E-state index in [-0.39, 0.29) is 19.2 Å². The van der Waals surface area contributed by atoms with Gasteiger partial charge in [-0.1, -0.05) is 111 Å². The number of hydrogen-bond donors (Lipinski definition) is 5. The number of benzene rings is 5. The van der Waals surface area contributed by atoms with E-state index in [0.29, 0.717) is 59.0 Å². The van der Waals surface area contributed by atoms with Crippen molar-refractivity contribution in [2.75, 3.05) is 13.7 Å². The Balaban J connectivity index is 0.000000190. The maximum Gasteiger partial charge on any atom is 0.330 e. The van der Waals surface area contributed by atoms with Gasteiger partial charge in [-0.25, -0.2) is 4.79 Å². The quantitative estimate of drug-likeness (QED) is 0.0526. The summed E-state index contributed by atoms with van der Waals surface area (Å²) in [4.78, 5) is 26.6. The topological polar surface area (TPSA) is 157 Å². The highest BCUT2D eigenvalue weighted by atomic mass is 16.5. The molecule has 0 amide bonds. The van der Waals surface area contributed by atoms with Crippen molar-refractivity contribution < 1.29 is 39.9 Å². The van der Waals surface area contributed by atoms with E-state index < -0.39 is 0 Å². The van der Waals surface area contributed by atoms with Crippen LogP contribution in [0.5, 0.6) is 28.7 Å². The Kier molecular flexibility index (Phi) is 29.0. The first-order valence-corrected chi connectivity index (χ1v) is 30.8. The van der Waals surface area contributed by atoms with Crippen molar-refractivity contribution >= 4 is 17.5 Å². The lowest BCUT2D eigenvalue weighted by Gasteiger charge is -2.28. The van der Waals surface area contributed by atoms with Crippen LogP contribution in [-0.2, 0) is 14.3 Å². The van der Waals surface area contributed by atoms with Gasteiger partial charge in [-0.05, 0) is 279 Å². The standard InChI is InChI=1S/C16H20O3.C15H18O2.C15H20O.C14H20O.C13H17NO.CH4/c1-2-19-16(18)11-12-3-5-13(6-4-12)14-7-9-15(17)10-8-14;1-11(16)10-12-2-4-13(5-3-12)14-6-8-15(17)9-7-14;1-2-3-12-4-6-13(7-5-12)14-8-10-15(16)11-9-14;1-2-11-3-5-12(6-4-11)13-7-9-14(15)10-8-13;1-14-12-6-2-10(3-7-12)11-4-8-13(15)9-5-11;/h7-11,13,17H,2-6H2,1H3;6-10,13,17H,2-5H2,1H3;3,8-11,13,16H,2,4-7H2,1H3;7-12,15H,2-6H2,1H3;4-5,8-10,15H,2-3,6-7H2,1H3;1H4. The number of phenols is 5. The molecule has 0 unspecified atom stereocenters. The maximum absolute atomic E-state index is 11.4. The van der Waals surface area contributed by atoms with Gasteiger partial charge in [0.25, 0.3) is 0 Å². The lowest BCUT2D eigenvalue weighted by molar-refractivity contribution is -0.137. The summed E-state index contributed by atoms with van der Waals surface area (Å²) < 4.78 is 4.93. The maximum atomic E-state index is 11.4. The van der Waals surface area contributed by atoms with Crippen LogP contribution in [0.4, 0.5) is 0 Å². The van der Waals surface area contributed by atoms with Crippen molar-refractivity contribution in [2.24, 2.45) is 10.9 Å². The lowest BCUT2D eigenvalue weighted by Crippen LogP contribution is -2.12. The molecule has 0 bridgehead atoms. The van der Waals surface area contributed by atoms with Crippen LogP contribution in [0, 0.1) is 5.92 Å². The highest BCUT2D eigenvalue weighted by Gasteiger charge is 2.23. The normalized spacial score (nSPS) is 21.1. The van der Waals surface area contributed by atoms with E-state index in [1.807, 2.05) is 50.4 Å². The van der Waals surface area contributed by atoms with E-state index >= 15 is 0 Å². The van der Waals surface area contributed by atoms with E-state index in [0.717, 1.165) is 76.0 Å². The van der Waals surface area contributed by atoms with Gasteiger partial charge in [0, 0.05) is 18.8 Å². The molecule has 5 saturated carbocycles. The predicted molar refractivity (Wildman–Crippen MR) is 342 cm³/mol. The summed E-state index contributed by atoms with van der Waals surface area (Å²) in [7, 11) is 1.89. The van der Waals surface area contributed by atoms with Crippen LogP contribution in [0.2, 0.25) is 0 Å². The number of carbonyl (C=O) groups excluding carboxylic acids is 2. The molecule has 0 spiro atoms. The molecular weight excluding hydrogens is 1030 g/mol. The molecule has 9 heteroatoms. The van der Waals surface area contributed by atoms with Gasteiger partial charge >= 0.3 is 5.97 Å². The van der Waals surface area contributed by atoms with Crippen LogP contribution < -0.4 is 0 Å². The smallest absolute Gasteiger partial charge is 0.330 e. The van der Waals surface area contributed by atoms with Crippen molar-refractivity contribution in [1.29, 1.82) is 0 Å². The number of aromatic hydroxyl groups is 5. The molecule has 5 aromatic rings. The van der Waals surface area contributed by atoms with Crippen molar-refractivity contribution in [2.45, 2.75) is 206 Å². The fraction of sp³-hybridized carbons (Fsp3) is 0.473. The van der Waals surface area contributed by atoms with Crippen LogP contribution in [0.3, 0.4) is 0 Å². The largest absolute Gasteiger partial charge is 0.508 e. The van der Waals surface area contributed by atoms with Crippen LogP contribution >= 0.6 is 0 Å². The van der Waals surface area contributed by atoms with Gasteiger partial charge in [0.1, 0.15) is 28.7 Å². The molecule has 5 aromatic carbocycles. The summed E-state index contributed by atoms with van der Waals surface area (Å²) in [5.41, 5.74) is 12.2. The van der Waals surface area contributed by atoms with E-state index in [2.05, 4.69) is 49.2 Å². The minimum Gasteiger partial charge on any atom is -0.508 e. The zero-order chi connectivity index (χ0) is 58.6. The minimum atomic E-state index is -0.222. The second-order valence-electron chi connectivity index (χ2n) is 23.2. The number of ether oxygens (including phenoxy) is 1. The number of hydrogen-bond acceptors (Lipinski definition) is 9. The molecule has 0 atom stereocenters. The molecule has 448 valence electrons. The van der Waals surface area contributed by atoms with E-state index in [9.17, 15) is 35.1 Å². The number of phenolic OH excluding ortho intramolecular Hbond substituents is 5. The van der Waals surface area contributed by atoms with Crippen LogP contribution in [0.15, 0.2) is 161 Å². The van der Waals surface area contributed by atoms with Gasteiger partial charge in [-0.2, -0.15) is 0 Å². The summed E-state index contributed by atoms with van der Waals surface area (Å²) in [5, 5.41) is 46.2. The minimum absolute atomic E-state index is 0. The summed E-state index contributed by atoms with van der Waals surface area (Å²) in [6.07, 6.45) is 31.6. The zero-order valence-corrected chi connectivity index (χ0v) is 49.9. The number of allylic oxidation sites excluding steroid dienone is 5. The van der Waals surface area contributed by atoms with Gasteiger partial charge in [-0.15, -0.1) is 0 Å². The molecule has 5 fully saturated rings. The van der Waals surface area contributed by atoms with Crippen molar-refractivity contribution in [1.82, 2.24) is 0 Å². The predicted octanol–water partition coefficient (Wildman–Crippen LogP) is 19.3. The number of ketones is 1. The second kappa shape index (κ2) is 36.0. The Labute approximate surface area is 498 Å². The van der Waals surface area contributed by atoms with Crippen molar-refractivity contribution in [3.63, 3.8) is 0 Å². The Morgan fingerprint density at radius 3 is 1.00 bits per heavy atom. The molecule has 5 aliphatic rings. The number of aliphatic imine (C=N–C) groups is 1. The third-order valence-corrected chi connectivity index (χ3v) is 17.5. The van der Waals surface area contributed by atoms with E-state index in [1.165, 1.54) is 122 Å². The number of carbonyl (C=O) groups is 2. The Hall–Kier alpha value is -6.87. The van der Waals surface area contributed by atoms with Crippen LogP contribution in [0.1, 0.15) is 234 Å². The highest BCUT2D eigenvalue weighted by molar-refractivity contribution is 5.88. The Morgan fingerprint density at radius 1 is 0.434 bits per heavy atom. The Bertz CT molecular complexity index is 2760. The summed E-state index contributed by atoms with van der Waals surface area (Å²) in [6, 6.07) is 38.0. The molecule has 0 saturated heterocycles. The molecule has 0 heterocycles. The monoisotopic (exact) mass is 1130 g/mol. The molecule has 0 radical (unpaired) electrons. The van der Waals surface area contributed by atoms with Gasteiger partial charge in [0.05, 0.1) is 6.61 Å². The Morgan fingerprint density at radius 2 is 0.723 bits per heavy atom. The molecule has 9 nitrogen and oxygen atoms in total. The van der Waals surface area contributed by atoms with Crippen molar-refractivity contribution in [3.05, 3.63) is 184 Å². The number of rotatable bonds is 10. The van der Waals surface area contributed by atoms with Gasteiger partial charge in [0.15, 0.2) is 5.78 Å². The first-order valence-electron chi connectivity index (χ1n) is 30.8. The van der Waals surface area contributed by atoms with Gasteiger partial charge in [0.2, 0.25) is 0 Å². The van der Waals surface area contributed by atoms with Gasteiger partial charge in [-0.3, -0.25) is 9.79 Å². The summed E-state index contributed by atoms with van der Waals surface area (Å²) in [5.74, 6) is 5.78. The SMILES string of the molecule is C.CC(=O)C=C1CCC(c2ccc(O)cc2)CC1.CCC1CCC(c2ccc(O)cc2)CC1.CCC=C1CCC(c2ccc(O)cc2)CC1.CCOC(=O)C=C1CCC(c2ccc(O)cc2)CC1.CN=C1CCC(c2ccc(O)cc2)CC1. The fourth-order valence-electron chi connectivity index (χ4n) is 12.5. The third-order valence-electron chi connectivity index (χ3n) is 17.5. The zero-order valence-electron chi connectivity index (χ0n) is 49.9.